The Kier molecular flexibility index (Phi) is 7.17. The van der Waals surface area contributed by atoms with Gasteiger partial charge < -0.3 is 4.90 Å². The molecule has 3 aromatic rings. The number of aromatic nitrogens is 3. The Bertz CT molecular complexity index is 924. The van der Waals surface area contributed by atoms with E-state index >= 15 is 0 Å². The zero-order valence-electron chi connectivity index (χ0n) is 16.3. The minimum absolute atomic E-state index is 0.0669. The van der Waals surface area contributed by atoms with Crippen molar-refractivity contribution in [2.75, 3.05) is 19.1 Å². The van der Waals surface area contributed by atoms with E-state index in [0.29, 0.717) is 12.3 Å². The van der Waals surface area contributed by atoms with Crippen molar-refractivity contribution in [3.8, 4) is 5.69 Å². The Balaban J connectivity index is 1.62. The molecule has 1 aromatic heterocycles. The van der Waals surface area contributed by atoms with Gasteiger partial charge in [0.15, 0.2) is 5.16 Å². The highest BCUT2D eigenvalue weighted by Crippen LogP contribution is 2.23. The summed E-state index contributed by atoms with van der Waals surface area (Å²) in [6.45, 7) is 2.72. The third-order valence-corrected chi connectivity index (χ3v) is 6.15. The van der Waals surface area contributed by atoms with Crippen molar-refractivity contribution in [1.29, 1.82) is 0 Å². The van der Waals surface area contributed by atoms with E-state index in [2.05, 4.69) is 59.8 Å². The quantitative estimate of drug-likeness (QED) is 0.516. The average molecular weight is 413 g/mol. The number of hydrogen-bond acceptors (Lipinski definition) is 5. The summed E-state index contributed by atoms with van der Waals surface area (Å²) < 4.78 is 1.96. The van der Waals surface area contributed by atoms with Crippen LogP contribution >= 0.6 is 23.5 Å². The lowest BCUT2D eigenvalue weighted by Crippen LogP contribution is -2.27. The predicted octanol–water partition coefficient (Wildman–Crippen LogP) is 4.30. The second-order valence-electron chi connectivity index (χ2n) is 6.35. The lowest BCUT2D eigenvalue weighted by Gasteiger charge is -2.17. The van der Waals surface area contributed by atoms with E-state index in [1.165, 1.54) is 22.2 Å². The Morgan fingerprint density at radius 3 is 2.61 bits per heavy atom. The van der Waals surface area contributed by atoms with E-state index in [0.717, 1.165) is 22.8 Å². The van der Waals surface area contributed by atoms with Crippen molar-refractivity contribution in [2.45, 2.75) is 29.9 Å². The molecule has 0 radical (unpaired) electrons. The van der Waals surface area contributed by atoms with Crippen LogP contribution in [-0.2, 0) is 17.8 Å². The predicted molar refractivity (Wildman–Crippen MR) is 116 cm³/mol. The SMILES string of the molecule is CCc1ccccc1-n1cnnc1SCC(=O)N(C)Cc1ccc(SC)cc1. The summed E-state index contributed by atoms with van der Waals surface area (Å²) >= 11 is 3.13. The van der Waals surface area contributed by atoms with Gasteiger partial charge in [0, 0.05) is 18.5 Å². The first-order chi connectivity index (χ1) is 13.6. The van der Waals surface area contributed by atoms with Crippen molar-refractivity contribution >= 4 is 29.4 Å². The molecule has 0 aliphatic heterocycles. The number of thioether (sulfide) groups is 2. The maximum absolute atomic E-state index is 12.6. The molecule has 0 atom stereocenters. The normalized spacial score (nSPS) is 10.8. The van der Waals surface area contributed by atoms with Gasteiger partial charge in [0.25, 0.3) is 0 Å². The molecule has 7 heteroatoms. The number of para-hydroxylation sites is 1. The molecule has 3 rings (SSSR count). The molecule has 2 aromatic carbocycles. The van der Waals surface area contributed by atoms with Crippen LogP contribution in [0.2, 0.25) is 0 Å². The van der Waals surface area contributed by atoms with E-state index in [4.69, 9.17) is 0 Å². The maximum Gasteiger partial charge on any atom is 0.233 e. The molecule has 1 amide bonds. The van der Waals surface area contributed by atoms with E-state index in [1.807, 2.05) is 23.7 Å². The highest BCUT2D eigenvalue weighted by molar-refractivity contribution is 7.99. The molecule has 0 unspecified atom stereocenters. The minimum Gasteiger partial charge on any atom is -0.341 e. The van der Waals surface area contributed by atoms with Gasteiger partial charge in [-0.15, -0.1) is 22.0 Å². The van der Waals surface area contributed by atoms with Gasteiger partial charge in [-0.1, -0.05) is 49.0 Å². The summed E-state index contributed by atoms with van der Waals surface area (Å²) in [7, 11) is 1.84. The van der Waals surface area contributed by atoms with Gasteiger partial charge in [-0.3, -0.25) is 9.36 Å². The fraction of sp³-hybridized carbons (Fsp3) is 0.286. The van der Waals surface area contributed by atoms with Crippen molar-refractivity contribution in [2.24, 2.45) is 0 Å². The smallest absolute Gasteiger partial charge is 0.233 e. The molecule has 146 valence electrons. The molecule has 0 fully saturated rings. The molecule has 0 bridgehead atoms. The summed E-state index contributed by atoms with van der Waals surface area (Å²) in [5.41, 5.74) is 3.41. The first-order valence-corrected chi connectivity index (χ1v) is 11.3. The van der Waals surface area contributed by atoms with Crippen LogP contribution in [0.15, 0.2) is 64.9 Å². The molecule has 0 spiro atoms. The van der Waals surface area contributed by atoms with Crippen LogP contribution < -0.4 is 0 Å². The van der Waals surface area contributed by atoms with Crippen LogP contribution in [-0.4, -0.2) is 44.6 Å². The molecule has 5 nitrogen and oxygen atoms in total. The van der Waals surface area contributed by atoms with Crippen LogP contribution in [0.4, 0.5) is 0 Å². The van der Waals surface area contributed by atoms with Crippen molar-refractivity contribution in [1.82, 2.24) is 19.7 Å². The van der Waals surface area contributed by atoms with Gasteiger partial charge in [-0.2, -0.15) is 0 Å². The van der Waals surface area contributed by atoms with Crippen molar-refractivity contribution in [3.63, 3.8) is 0 Å². The fourth-order valence-electron chi connectivity index (χ4n) is 2.86. The van der Waals surface area contributed by atoms with Gasteiger partial charge in [0.2, 0.25) is 5.91 Å². The van der Waals surface area contributed by atoms with Crippen LogP contribution in [0, 0.1) is 0 Å². The third-order valence-electron chi connectivity index (χ3n) is 4.48. The highest BCUT2D eigenvalue weighted by atomic mass is 32.2. The molecule has 0 N–H and O–H groups in total. The standard InChI is InChI=1S/C21H24N4OS2/c1-4-17-7-5-6-8-19(17)25-15-22-23-21(25)28-14-20(26)24(2)13-16-9-11-18(27-3)12-10-16/h5-12,15H,4,13-14H2,1-3H3. The number of carbonyl (C=O) groups is 1. The van der Waals surface area contributed by atoms with Crippen LogP contribution in [0.25, 0.3) is 5.69 Å². The monoisotopic (exact) mass is 412 g/mol. The molecule has 28 heavy (non-hydrogen) atoms. The van der Waals surface area contributed by atoms with Crippen molar-refractivity contribution in [3.05, 3.63) is 66.0 Å². The molecule has 1 heterocycles. The van der Waals surface area contributed by atoms with Gasteiger partial charge in [-0.05, 0) is 42.0 Å². The largest absolute Gasteiger partial charge is 0.341 e. The van der Waals surface area contributed by atoms with Crippen molar-refractivity contribution < 1.29 is 4.79 Å². The van der Waals surface area contributed by atoms with Gasteiger partial charge in [-0.25, -0.2) is 0 Å². The molecular weight excluding hydrogens is 388 g/mol. The zero-order chi connectivity index (χ0) is 19.9. The maximum atomic E-state index is 12.6. The lowest BCUT2D eigenvalue weighted by atomic mass is 10.1. The Labute approximate surface area is 174 Å². The topological polar surface area (TPSA) is 51.0 Å². The fourth-order valence-corrected chi connectivity index (χ4v) is 4.13. The Morgan fingerprint density at radius 2 is 1.89 bits per heavy atom. The summed E-state index contributed by atoms with van der Waals surface area (Å²) in [5, 5.41) is 8.98. The number of aryl methyl sites for hydroxylation is 1. The van der Waals surface area contributed by atoms with E-state index in [-0.39, 0.29) is 5.91 Å². The summed E-state index contributed by atoms with van der Waals surface area (Å²) in [6.07, 6.45) is 4.69. The zero-order valence-corrected chi connectivity index (χ0v) is 18.0. The summed E-state index contributed by atoms with van der Waals surface area (Å²) in [5.74, 6) is 0.393. The Morgan fingerprint density at radius 1 is 1.14 bits per heavy atom. The number of benzene rings is 2. The van der Waals surface area contributed by atoms with Crippen LogP contribution in [0.1, 0.15) is 18.1 Å². The Hall–Kier alpha value is -2.25. The minimum atomic E-state index is 0.0669. The number of rotatable bonds is 8. The van der Waals surface area contributed by atoms with E-state index in [1.54, 1.807) is 23.0 Å². The first-order valence-electron chi connectivity index (χ1n) is 9.10. The second-order valence-corrected chi connectivity index (χ2v) is 8.17. The third kappa shape index (κ3) is 4.97. The molecule has 0 saturated carbocycles. The van der Waals surface area contributed by atoms with Gasteiger partial charge in [0.05, 0.1) is 11.4 Å². The number of hydrogen-bond donors (Lipinski definition) is 0. The van der Waals surface area contributed by atoms with Crippen LogP contribution in [0.5, 0.6) is 0 Å². The second kappa shape index (κ2) is 9.80. The van der Waals surface area contributed by atoms with Gasteiger partial charge >= 0.3 is 0 Å². The number of carbonyl (C=O) groups excluding carboxylic acids is 1. The van der Waals surface area contributed by atoms with Crippen LogP contribution in [0.3, 0.4) is 0 Å². The summed E-state index contributed by atoms with van der Waals surface area (Å²) in [4.78, 5) is 15.6. The number of nitrogens with zero attached hydrogens (tertiary/aromatic N) is 4. The number of amides is 1. The molecular formula is C21H24N4OS2. The lowest BCUT2D eigenvalue weighted by molar-refractivity contribution is -0.127. The average Bonchev–Trinajstić information content (AvgIpc) is 3.20. The van der Waals surface area contributed by atoms with E-state index in [9.17, 15) is 4.79 Å². The van der Waals surface area contributed by atoms with E-state index < -0.39 is 0 Å². The first kappa shape index (κ1) is 20.5. The molecule has 0 aliphatic rings. The summed E-state index contributed by atoms with van der Waals surface area (Å²) in [6, 6.07) is 16.5. The molecule has 0 saturated heterocycles. The highest BCUT2D eigenvalue weighted by Gasteiger charge is 2.14. The van der Waals surface area contributed by atoms with Gasteiger partial charge in [0.1, 0.15) is 6.33 Å². The molecule has 0 aliphatic carbocycles.